The summed E-state index contributed by atoms with van der Waals surface area (Å²) in [4.78, 5) is 0. The lowest BCUT2D eigenvalue weighted by Gasteiger charge is -2.49. The van der Waals surface area contributed by atoms with Gasteiger partial charge in [0, 0.05) is 17.8 Å². The van der Waals surface area contributed by atoms with Crippen LogP contribution >= 0.6 is 0 Å². The second-order valence-corrected chi connectivity index (χ2v) is 10.9. The monoisotopic (exact) mass is 472 g/mol. The third-order valence-corrected chi connectivity index (χ3v) is 8.98. The third-order valence-electron chi connectivity index (χ3n) is 8.98. The number of ether oxygens (including phenoxy) is 6. The molecule has 4 aliphatic heterocycles. The predicted octanol–water partition coefficient (Wildman–Crippen LogP) is 2.54. The average molecular weight is 473 g/mol. The predicted molar refractivity (Wildman–Crippen MR) is 120 cm³/mol. The fraction of sp³-hybridized carbons (Fsp3) is 1.00. The molecule has 0 aromatic heterocycles. The van der Waals surface area contributed by atoms with E-state index in [2.05, 4.69) is 34.6 Å². The Morgan fingerprint density at radius 1 is 0.727 bits per heavy atom. The molecule has 0 radical (unpaired) electrons. The SMILES string of the molecule is CCC1O[C@@H](O[C@H]2C(C)C(C)[C@@H]3OC[C@@H]2O3)C(C)[C@@H](C)[C@@H]1O[C@@H]1OC(CO)[C@@H](O)[C@H](C)C1C. The Hall–Kier alpha value is -0.320. The number of aliphatic hydroxyl groups excluding tert-OH is 2. The first-order valence-corrected chi connectivity index (χ1v) is 12.9. The van der Waals surface area contributed by atoms with Crippen LogP contribution in [0.25, 0.3) is 0 Å². The lowest BCUT2D eigenvalue weighted by molar-refractivity contribution is -0.342. The Balaban J connectivity index is 1.44. The van der Waals surface area contributed by atoms with E-state index in [0.717, 1.165) is 6.42 Å². The van der Waals surface area contributed by atoms with Gasteiger partial charge in [0.2, 0.25) is 0 Å². The summed E-state index contributed by atoms with van der Waals surface area (Å²) in [7, 11) is 0. The Bertz CT molecular complexity index is 644. The van der Waals surface area contributed by atoms with E-state index in [-0.39, 0.29) is 73.2 Å². The van der Waals surface area contributed by atoms with E-state index in [9.17, 15) is 10.2 Å². The molecule has 0 saturated carbocycles. The van der Waals surface area contributed by atoms with Crippen molar-refractivity contribution in [3.05, 3.63) is 0 Å². The zero-order valence-electron chi connectivity index (χ0n) is 21.1. The normalized spacial score (nSPS) is 55.0. The van der Waals surface area contributed by atoms with Gasteiger partial charge in [-0.2, -0.15) is 0 Å². The highest BCUT2D eigenvalue weighted by Crippen LogP contribution is 2.42. The molecule has 4 saturated heterocycles. The van der Waals surface area contributed by atoms with Gasteiger partial charge in [0.15, 0.2) is 18.9 Å². The van der Waals surface area contributed by atoms with Crippen molar-refractivity contribution < 1.29 is 38.6 Å². The first-order valence-electron chi connectivity index (χ1n) is 12.9. The molecule has 2 N–H and O–H groups in total. The molecule has 0 aliphatic carbocycles. The summed E-state index contributed by atoms with van der Waals surface area (Å²) in [6.07, 6.45) is -1.97. The number of rotatable bonds is 6. The lowest BCUT2D eigenvalue weighted by Crippen LogP contribution is -2.58. The minimum absolute atomic E-state index is 0.00572. The van der Waals surface area contributed by atoms with Gasteiger partial charge in [-0.15, -0.1) is 0 Å². The van der Waals surface area contributed by atoms with Gasteiger partial charge in [-0.25, -0.2) is 0 Å². The van der Waals surface area contributed by atoms with Gasteiger partial charge in [-0.05, 0) is 24.2 Å². The second kappa shape index (κ2) is 10.3. The Morgan fingerprint density at radius 3 is 1.94 bits per heavy atom. The molecule has 6 unspecified atom stereocenters. The van der Waals surface area contributed by atoms with E-state index in [1.807, 2.05) is 13.8 Å². The molecule has 8 nitrogen and oxygen atoms in total. The Kier molecular flexibility index (Phi) is 8.08. The minimum Gasteiger partial charge on any atom is -0.394 e. The standard InChI is InChI=1S/C25H44O8/c1-8-17-21(32-24-14(5)11(2)20(27)18(9-26)30-24)13(4)16(7)25(29-17)33-22-12(3)15(6)23-28-10-19(22)31-23/h11-27H,8-10H2,1-7H3/t11-,12?,13-,14?,15?,16?,17?,18?,19+,20+,21+,22+,23-,24+,25+/m1/s1. The molecular weight excluding hydrogens is 428 g/mol. The van der Waals surface area contributed by atoms with Crippen molar-refractivity contribution >= 4 is 0 Å². The first-order chi connectivity index (χ1) is 15.7. The van der Waals surface area contributed by atoms with Crippen LogP contribution in [0.2, 0.25) is 0 Å². The van der Waals surface area contributed by atoms with E-state index in [1.165, 1.54) is 0 Å². The van der Waals surface area contributed by atoms with Gasteiger partial charge in [0.1, 0.15) is 12.2 Å². The molecule has 4 heterocycles. The number of aliphatic hydroxyl groups is 2. The molecule has 15 atom stereocenters. The molecule has 192 valence electrons. The van der Waals surface area contributed by atoms with Crippen LogP contribution < -0.4 is 0 Å². The van der Waals surface area contributed by atoms with Gasteiger partial charge in [-0.1, -0.05) is 48.5 Å². The van der Waals surface area contributed by atoms with E-state index in [1.54, 1.807) is 0 Å². The summed E-state index contributed by atoms with van der Waals surface area (Å²) in [5.74, 6) is 0.816. The van der Waals surface area contributed by atoms with Gasteiger partial charge in [0.05, 0.1) is 37.6 Å². The van der Waals surface area contributed by atoms with Crippen LogP contribution in [0, 0.1) is 35.5 Å². The van der Waals surface area contributed by atoms with E-state index in [0.29, 0.717) is 12.5 Å². The summed E-state index contributed by atoms with van der Waals surface area (Å²) in [6, 6.07) is 0. The topological polar surface area (TPSA) is 95.8 Å². The molecule has 2 bridgehead atoms. The largest absolute Gasteiger partial charge is 0.394 e. The van der Waals surface area contributed by atoms with Gasteiger partial charge in [-0.3, -0.25) is 0 Å². The maximum atomic E-state index is 10.4. The van der Waals surface area contributed by atoms with Crippen LogP contribution in [-0.2, 0) is 28.4 Å². The van der Waals surface area contributed by atoms with Crippen LogP contribution in [0.3, 0.4) is 0 Å². The maximum Gasteiger partial charge on any atom is 0.161 e. The van der Waals surface area contributed by atoms with Gasteiger partial charge < -0.3 is 38.6 Å². The molecule has 0 aromatic carbocycles. The van der Waals surface area contributed by atoms with Crippen molar-refractivity contribution in [2.24, 2.45) is 35.5 Å². The number of hydrogen-bond acceptors (Lipinski definition) is 8. The average Bonchev–Trinajstić information content (AvgIpc) is 3.26. The van der Waals surface area contributed by atoms with Crippen molar-refractivity contribution in [3.63, 3.8) is 0 Å². The molecule has 8 heteroatoms. The summed E-state index contributed by atoms with van der Waals surface area (Å²) in [5.41, 5.74) is 0. The van der Waals surface area contributed by atoms with Crippen LogP contribution in [0.15, 0.2) is 0 Å². The molecule has 33 heavy (non-hydrogen) atoms. The highest BCUT2D eigenvalue weighted by atomic mass is 16.8. The number of hydrogen-bond donors (Lipinski definition) is 2. The number of fused-ring (bicyclic) bond motifs is 2. The summed E-state index contributed by atoms with van der Waals surface area (Å²) < 4.78 is 37.5. The third kappa shape index (κ3) is 4.75. The Labute approximate surface area is 198 Å². The molecule has 4 aliphatic rings. The maximum absolute atomic E-state index is 10.4. The first kappa shape index (κ1) is 25.8. The second-order valence-electron chi connectivity index (χ2n) is 10.9. The summed E-state index contributed by atoms with van der Waals surface area (Å²) in [6.45, 7) is 15.1. The zero-order valence-corrected chi connectivity index (χ0v) is 21.1. The van der Waals surface area contributed by atoms with Gasteiger partial charge in [0.25, 0.3) is 0 Å². The fourth-order valence-electron chi connectivity index (χ4n) is 5.83. The van der Waals surface area contributed by atoms with E-state index < -0.39 is 18.5 Å². The minimum atomic E-state index is -0.704. The molecule has 0 aromatic rings. The van der Waals surface area contributed by atoms with E-state index in [4.69, 9.17) is 28.4 Å². The molecule has 0 amide bonds. The molecule has 0 spiro atoms. The van der Waals surface area contributed by atoms with Crippen LogP contribution in [0.4, 0.5) is 0 Å². The van der Waals surface area contributed by atoms with Gasteiger partial charge >= 0.3 is 0 Å². The van der Waals surface area contributed by atoms with Crippen molar-refractivity contribution in [2.75, 3.05) is 13.2 Å². The summed E-state index contributed by atoms with van der Waals surface area (Å²) in [5, 5.41) is 20.1. The van der Waals surface area contributed by atoms with Crippen LogP contribution in [-0.4, -0.2) is 78.9 Å². The van der Waals surface area contributed by atoms with Crippen molar-refractivity contribution in [1.82, 2.24) is 0 Å². The smallest absolute Gasteiger partial charge is 0.161 e. The van der Waals surface area contributed by atoms with Crippen molar-refractivity contribution in [2.45, 2.75) is 110 Å². The molecular formula is C25H44O8. The van der Waals surface area contributed by atoms with Crippen LogP contribution in [0.1, 0.15) is 54.9 Å². The van der Waals surface area contributed by atoms with Crippen LogP contribution in [0.5, 0.6) is 0 Å². The Morgan fingerprint density at radius 2 is 1.30 bits per heavy atom. The van der Waals surface area contributed by atoms with E-state index >= 15 is 0 Å². The highest BCUT2D eigenvalue weighted by Gasteiger charge is 2.51. The molecule has 4 fully saturated rings. The fourth-order valence-corrected chi connectivity index (χ4v) is 5.83. The quantitative estimate of drug-likeness (QED) is 0.609. The van der Waals surface area contributed by atoms with Crippen molar-refractivity contribution in [1.29, 1.82) is 0 Å². The zero-order chi connectivity index (χ0) is 24.0. The lowest BCUT2D eigenvalue weighted by atomic mass is 9.82. The highest BCUT2D eigenvalue weighted by molar-refractivity contribution is 4.93. The summed E-state index contributed by atoms with van der Waals surface area (Å²) >= 11 is 0. The van der Waals surface area contributed by atoms with Crippen molar-refractivity contribution in [3.8, 4) is 0 Å². The molecule has 4 rings (SSSR count).